The molecule has 0 aliphatic carbocycles. The standard InChI is InChI=1S/C16H24ClNO2/c1-12(2)13(11-18-8-9-19-3)10-14-15(17)6-5-7-16(14)20-4/h5-7,10,12,18H,8-9,11H2,1-4H3/b13-10-. The molecular weight excluding hydrogens is 274 g/mol. The monoisotopic (exact) mass is 297 g/mol. The summed E-state index contributed by atoms with van der Waals surface area (Å²) in [5.41, 5.74) is 2.22. The van der Waals surface area contributed by atoms with Crippen molar-refractivity contribution in [3.05, 3.63) is 34.4 Å². The van der Waals surface area contributed by atoms with Crippen molar-refractivity contribution >= 4 is 17.7 Å². The fourth-order valence-electron chi connectivity index (χ4n) is 1.85. The Hall–Kier alpha value is -1.03. The lowest BCUT2D eigenvalue weighted by Gasteiger charge is -2.15. The summed E-state index contributed by atoms with van der Waals surface area (Å²) in [7, 11) is 3.37. The Balaban J connectivity index is 2.90. The molecule has 0 bridgehead atoms. The zero-order valence-electron chi connectivity index (χ0n) is 12.7. The van der Waals surface area contributed by atoms with Gasteiger partial charge in [0, 0.05) is 25.8 Å². The number of ether oxygens (including phenoxy) is 2. The van der Waals surface area contributed by atoms with Gasteiger partial charge in [0.2, 0.25) is 0 Å². The highest BCUT2D eigenvalue weighted by Crippen LogP contribution is 2.29. The maximum Gasteiger partial charge on any atom is 0.127 e. The highest BCUT2D eigenvalue weighted by molar-refractivity contribution is 6.32. The van der Waals surface area contributed by atoms with Crippen LogP contribution in [0.3, 0.4) is 0 Å². The molecule has 0 aliphatic rings. The third-order valence-corrected chi connectivity index (χ3v) is 3.45. The maximum atomic E-state index is 6.28. The van der Waals surface area contributed by atoms with E-state index in [0.29, 0.717) is 17.5 Å². The molecule has 20 heavy (non-hydrogen) atoms. The number of rotatable bonds is 8. The predicted molar refractivity (Wildman–Crippen MR) is 85.6 cm³/mol. The van der Waals surface area contributed by atoms with Crippen molar-refractivity contribution in [2.75, 3.05) is 33.9 Å². The van der Waals surface area contributed by atoms with Gasteiger partial charge in [0.25, 0.3) is 0 Å². The molecule has 3 nitrogen and oxygen atoms in total. The summed E-state index contributed by atoms with van der Waals surface area (Å²) < 4.78 is 10.4. The topological polar surface area (TPSA) is 30.5 Å². The summed E-state index contributed by atoms with van der Waals surface area (Å²) in [6.07, 6.45) is 2.12. The van der Waals surface area contributed by atoms with Crippen LogP contribution in [0, 0.1) is 5.92 Å². The molecule has 0 unspecified atom stereocenters. The van der Waals surface area contributed by atoms with E-state index < -0.39 is 0 Å². The summed E-state index contributed by atoms with van der Waals surface area (Å²) >= 11 is 6.28. The molecule has 0 atom stereocenters. The summed E-state index contributed by atoms with van der Waals surface area (Å²) in [4.78, 5) is 0. The molecule has 1 rings (SSSR count). The molecule has 0 radical (unpaired) electrons. The van der Waals surface area contributed by atoms with Crippen LogP contribution in [0.15, 0.2) is 23.8 Å². The average Bonchev–Trinajstić information content (AvgIpc) is 2.43. The minimum atomic E-state index is 0.436. The van der Waals surface area contributed by atoms with E-state index >= 15 is 0 Å². The molecule has 0 aliphatic heterocycles. The molecule has 112 valence electrons. The maximum absolute atomic E-state index is 6.28. The van der Waals surface area contributed by atoms with Crippen LogP contribution in [-0.4, -0.2) is 33.9 Å². The molecule has 0 saturated heterocycles. The van der Waals surface area contributed by atoms with Crippen molar-refractivity contribution in [1.29, 1.82) is 0 Å². The van der Waals surface area contributed by atoms with E-state index in [1.165, 1.54) is 5.57 Å². The van der Waals surface area contributed by atoms with Crippen molar-refractivity contribution in [2.24, 2.45) is 5.92 Å². The first kappa shape index (κ1) is 17.0. The molecule has 0 aromatic heterocycles. The van der Waals surface area contributed by atoms with Gasteiger partial charge in [-0.15, -0.1) is 0 Å². The second-order valence-electron chi connectivity index (χ2n) is 4.90. The lowest BCUT2D eigenvalue weighted by atomic mass is 9.99. The largest absolute Gasteiger partial charge is 0.496 e. The van der Waals surface area contributed by atoms with E-state index in [9.17, 15) is 0 Å². The van der Waals surface area contributed by atoms with E-state index in [-0.39, 0.29) is 0 Å². The van der Waals surface area contributed by atoms with Crippen LogP contribution in [0.4, 0.5) is 0 Å². The van der Waals surface area contributed by atoms with Gasteiger partial charge in [0.15, 0.2) is 0 Å². The minimum Gasteiger partial charge on any atom is -0.496 e. The van der Waals surface area contributed by atoms with Crippen molar-refractivity contribution in [3.63, 3.8) is 0 Å². The second-order valence-corrected chi connectivity index (χ2v) is 5.31. The zero-order valence-corrected chi connectivity index (χ0v) is 13.5. The van der Waals surface area contributed by atoms with Gasteiger partial charge in [-0.1, -0.05) is 37.1 Å². The van der Waals surface area contributed by atoms with Crippen molar-refractivity contribution in [2.45, 2.75) is 13.8 Å². The summed E-state index contributed by atoms with van der Waals surface area (Å²) in [6.45, 7) is 6.71. The van der Waals surface area contributed by atoms with Crippen LogP contribution in [0.5, 0.6) is 5.75 Å². The summed E-state index contributed by atoms with van der Waals surface area (Å²) in [6, 6.07) is 5.70. The average molecular weight is 298 g/mol. The number of methoxy groups -OCH3 is 2. The Kier molecular flexibility index (Phi) is 7.67. The normalized spacial score (nSPS) is 12.0. The zero-order chi connectivity index (χ0) is 15.0. The van der Waals surface area contributed by atoms with E-state index in [4.69, 9.17) is 21.1 Å². The number of nitrogens with one attached hydrogen (secondary N) is 1. The quantitative estimate of drug-likeness (QED) is 0.743. The Morgan fingerprint density at radius 3 is 2.70 bits per heavy atom. The molecule has 1 aromatic carbocycles. The van der Waals surface area contributed by atoms with Gasteiger partial charge in [-0.2, -0.15) is 0 Å². The van der Waals surface area contributed by atoms with E-state index in [0.717, 1.165) is 24.4 Å². The Labute approximate surface area is 126 Å². The fourth-order valence-corrected chi connectivity index (χ4v) is 2.07. The molecule has 1 aromatic rings. The Morgan fingerprint density at radius 1 is 1.35 bits per heavy atom. The summed E-state index contributed by atoms with van der Waals surface area (Å²) in [5.74, 6) is 1.23. The Bertz CT molecular complexity index is 444. The number of halogens is 1. The predicted octanol–water partition coefficient (Wildman–Crippen LogP) is 3.62. The van der Waals surface area contributed by atoms with Gasteiger partial charge in [-0.05, 0) is 24.1 Å². The smallest absolute Gasteiger partial charge is 0.127 e. The first-order valence-electron chi connectivity index (χ1n) is 6.82. The Morgan fingerprint density at radius 2 is 2.10 bits per heavy atom. The van der Waals surface area contributed by atoms with Crippen LogP contribution in [0.2, 0.25) is 5.02 Å². The SMILES string of the molecule is COCCNC/C(=C/c1c(Cl)cccc1OC)C(C)C. The van der Waals surface area contributed by atoms with Crippen LogP contribution < -0.4 is 10.1 Å². The molecule has 0 spiro atoms. The number of hydrogen-bond acceptors (Lipinski definition) is 3. The second kappa shape index (κ2) is 9.01. The molecule has 4 heteroatoms. The van der Waals surface area contributed by atoms with Gasteiger partial charge in [0.1, 0.15) is 5.75 Å². The van der Waals surface area contributed by atoms with Crippen LogP contribution in [-0.2, 0) is 4.74 Å². The molecule has 0 fully saturated rings. The van der Waals surface area contributed by atoms with Crippen molar-refractivity contribution in [1.82, 2.24) is 5.32 Å². The number of benzene rings is 1. The first-order valence-corrected chi connectivity index (χ1v) is 7.20. The third kappa shape index (κ3) is 5.16. The molecule has 0 heterocycles. The van der Waals surface area contributed by atoms with E-state index in [1.807, 2.05) is 18.2 Å². The minimum absolute atomic E-state index is 0.436. The van der Waals surface area contributed by atoms with Crippen molar-refractivity contribution in [3.8, 4) is 5.75 Å². The van der Waals surface area contributed by atoms with Crippen LogP contribution in [0.25, 0.3) is 6.08 Å². The van der Waals surface area contributed by atoms with Crippen molar-refractivity contribution < 1.29 is 9.47 Å². The van der Waals surface area contributed by atoms with Crippen LogP contribution in [0.1, 0.15) is 19.4 Å². The fraction of sp³-hybridized carbons (Fsp3) is 0.500. The molecule has 0 amide bonds. The highest BCUT2D eigenvalue weighted by atomic mass is 35.5. The van der Waals surface area contributed by atoms with Gasteiger partial charge >= 0.3 is 0 Å². The number of hydrogen-bond donors (Lipinski definition) is 1. The van der Waals surface area contributed by atoms with Gasteiger partial charge < -0.3 is 14.8 Å². The van der Waals surface area contributed by atoms with Gasteiger partial charge in [0.05, 0.1) is 18.7 Å². The van der Waals surface area contributed by atoms with Crippen LogP contribution >= 0.6 is 11.6 Å². The first-order chi connectivity index (χ1) is 9.60. The lowest BCUT2D eigenvalue weighted by molar-refractivity contribution is 0.200. The highest BCUT2D eigenvalue weighted by Gasteiger charge is 2.09. The molecule has 0 saturated carbocycles. The molecular formula is C16H24ClNO2. The third-order valence-electron chi connectivity index (χ3n) is 3.12. The molecule has 1 N–H and O–H groups in total. The van der Waals surface area contributed by atoms with E-state index in [2.05, 4.69) is 25.2 Å². The van der Waals surface area contributed by atoms with Gasteiger partial charge in [-0.3, -0.25) is 0 Å². The van der Waals surface area contributed by atoms with E-state index in [1.54, 1.807) is 14.2 Å². The van der Waals surface area contributed by atoms with Gasteiger partial charge in [-0.25, -0.2) is 0 Å². The lowest BCUT2D eigenvalue weighted by Crippen LogP contribution is -2.23. The summed E-state index contributed by atoms with van der Waals surface area (Å²) in [5, 5.41) is 4.08.